The van der Waals surface area contributed by atoms with Crippen molar-refractivity contribution in [1.29, 1.82) is 0 Å². The summed E-state index contributed by atoms with van der Waals surface area (Å²) >= 11 is 0. The molecule has 0 bridgehead atoms. The maximum Gasteiger partial charge on any atom is 0.240 e. The van der Waals surface area contributed by atoms with Gasteiger partial charge in [0, 0.05) is 24.9 Å². The van der Waals surface area contributed by atoms with Crippen molar-refractivity contribution in [2.45, 2.75) is 13.3 Å². The summed E-state index contributed by atoms with van der Waals surface area (Å²) in [6.45, 7) is 4.83. The predicted octanol–water partition coefficient (Wildman–Crippen LogP) is 1.03. The van der Waals surface area contributed by atoms with E-state index in [2.05, 4.69) is 15.4 Å². The third-order valence-electron chi connectivity index (χ3n) is 3.09. The van der Waals surface area contributed by atoms with Gasteiger partial charge in [-0.3, -0.25) is 0 Å². The minimum absolute atomic E-state index is 0.598. The van der Waals surface area contributed by atoms with E-state index < -0.39 is 0 Å². The molecule has 3 heterocycles. The van der Waals surface area contributed by atoms with Crippen LogP contribution in [0.25, 0.3) is 5.52 Å². The zero-order chi connectivity index (χ0) is 11.7. The molecule has 1 N–H and O–H groups in total. The Morgan fingerprint density at radius 3 is 3.35 bits per heavy atom. The number of nitrogens with one attached hydrogen (secondary N) is 1. The topological polar surface area (TPSA) is 51.5 Å². The summed E-state index contributed by atoms with van der Waals surface area (Å²) in [5.74, 6) is 1.28. The van der Waals surface area contributed by atoms with Crippen molar-refractivity contribution in [3.63, 3.8) is 0 Å². The standard InChI is InChI=1S/C12H16N4O/c1-9-6-11-12(14-4-5-16(11)15-9)17-8-10-2-3-13-7-10/h4-6,10,13H,2-3,7-8H2,1H3. The predicted molar refractivity (Wildman–Crippen MR) is 64.2 cm³/mol. The lowest BCUT2D eigenvalue weighted by Crippen LogP contribution is -2.16. The molecule has 1 aliphatic rings. The van der Waals surface area contributed by atoms with Crippen LogP contribution in [0.5, 0.6) is 5.88 Å². The number of aryl methyl sites for hydroxylation is 1. The zero-order valence-corrected chi connectivity index (χ0v) is 9.89. The van der Waals surface area contributed by atoms with Crippen molar-refractivity contribution in [3.05, 3.63) is 24.2 Å². The highest BCUT2D eigenvalue weighted by atomic mass is 16.5. The van der Waals surface area contributed by atoms with Gasteiger partial charge in [0.15, 0.2) is 0 Å². The van der Waals surface area contributed by atoms with Crippen LogP contribution >= 0.6 is 0 Å². The van der Waals surface area contributed by atoms with Crippen LogP contribution in [0, 0.1) is 12.8 Å². The van der Waals surface area contributed by atoms with E-state index >= 15 is 0 Å². The molecule has 1 atom stereocenters. The van der Waals surface area contributed by atoms with Crippen molar-refractivity contribution in [3.8, 4) is 5.88 Å². The summed E-state index contributed by atoms with van der Waals surface area (Å²) < 4.78 is 7.61. The minimum atomic E-state index is 0.598. The molecule has 90 valence electrons. The number of hydrogen-bond donors (Lipinski definition) is 1. The van der Waals surface area contributed by atoms with E-state index in [1.54, 1.807) is 6.20 Å². The number of rotatable bonds is 3. The van der Waals surface area contributed by atoms with Gasteiger partial charge in [0.05, 0.1) is 12.3 Å². The molecule has 5 nitrogen and oxygen atoms in total. The summed E-state index contributed by atoms with van der Waals surface area (Å²) in [6.07, 6.45) is 4.75. The Bertz CT molecular complexity index is 516. The third-order valence-corrected chi connectivity index (χ3v) is 3.09. The molecular formula is C12H16N4O. The van der Waals surface area contributed by atoms with Crippen molar-refractivity contribution in [2.24, 2.45) is 5.92 Å². The molecule has 1 aliphatic heterocycles. The molecule has 5 heteroatoms. The first-order valence-corrected chi connectivity index (χ1v) is 5.97. The molecule has 1 saturated heterocycles. The molecule has 0 aliphatic carbocycles. The number of hydrogen-bond acceptors (Lipinski definition) is 4. The Kier molecular flexibility index (Phi) is 2.68. The minimum Gasteiger partial charge on any atom is -0.476 e. The Hall–Kier alpha value is -1.62. The molecular weight excluding hydrogens is 216 g/mol. The lowest BCUT2D eigenvalue weighted by molar-refractivity contribution is 0.253. The summed E-state index contributed by atoms with van der Waals surface area (Å²) in [4.78, 5) is 4.28. The number of fused-ring (bicyclic) bond motifs is 1. The van der Waals surface area contributed by atoms with Gasteiger partial charge in [-0.2, -0.15) is 5.10 Å². The second kappa shape index (κ2) is 4.33. The molecule has 0 saturated carbocycles. The molecule has 0 aromatic carbocycles. The molecule has 0 spiro atoms. The fraction of sp³-hybridized carbons (Fsp3) is 0.500. The second-order valence-corrected chi connectivity index (χ2v) is 4.52. The van der Waals surface area contributed by atoms with Crippen LogP contribution in [-0.2, 0) is 0 Å². The van der Waals surface area contributed by atoms with Gasteiger partial charge >= 0.3 is 0 Å². The maximum absolute atomic E-state index is 5.80. The molecule has 17 heavy (non-hydrogen) atoms. The number of nitrogens with zero attached hydrogens (tertiary/aromatic N) is 3. The molecule has 2 aromatic rings. The molecule has 0 radical (unpaired) electrons. The smallest absolute Gasteiger partial charge is 0.240 e. The first-order valence-electron chi connectivity index (χ1n) is 5.97. The summed E-state index contributed by atoms with van der Waals surface area (Å²) in [6, 6.07) is 2.00. The lowest BCUT2D eigenvalue weighted by Gasteiger charge is -2.10. The van der Waals surface area contributed by atoms with Gasteiger partial charge in [-0.15, -0.1) is 0 Å². The van der Waals surface area contributed by atoms with Gasteiger partial charge in [-0.1, -0.05) is 0 Å². The average Bonchev–Trinajstić information content (AvgIpc) is 2.93. The zero-order valence-electron chi connectivity index (χ0n) is 9.89. The monoisotopic (exact) mass is 232 g/mol. The molecule has 1 unspecified atom stereocenters. The molecule has 3 rings (SSSR count). The summed E-state index contributed by atoms with van der Waals surface area (Å²) in [7, 11) is 0. The van der Waals surface area contributed by atoms with Gasteiger partial charge < -0.3 is 10.1 Å². The number of aromatic nitrogens is 3. The van der Waals surface area contributed by atoms with E-state index in [1.165, 1.54) is 6.42 Å². The Labute approximate surface area is 99.8 Å². The van der Waals surface area contributed by atoms with Crippen LogP contribution in [-0.4, -0.2) is 34.3 Å². The van der Waals surface area contributed by atoms with Crippen LogP contribution in [0.1, 0.15) is 12.1 Å². The van der Waals surface area contributed by atoms with Crippen molar-refractivity contribution in [2.75, 3.05) is 19.7 Å². The molecule has 2 aromatic heterocycles. The summed E-state index contributed by atoms with van der Waals surface area (Å²) in [5, 5.41) is 7.67. The van der Waals surface area contributed by atoms with Crippen LogP contribution in [0.3, 0.4) is 0 Å². The van der Waals surface area contributed by atoms with E-state index in [4.69, 9.17) is 4.74 Å². The highest BCUT2D eigenvalue weighted by molar-refractivity contribution is 5.56. The van der Waals surface area contributed by atoms with Gasteiger partial charge in [0.25, 0.3) is 0 Å². The Morgan fingerprint density at radius 1 is 1.59 bits per heavy atom. The van der Waals surface area contributed by atoms with E-state index in [0.717, 1.165) is 30.9 Å². The van der Waals surface area contributed by atoms with Crippen molar-refractivity contribution < 1.29 is 4.74 Å². The second-order valence-electron chi connectivity index (χ2n) is 4.52. The van der Waals surface area contributed by atoms with Gasteiger partial charge in [-0.25, -0.2) is 9.50 Å². The molecule has 1 fully saturated rings. The van der Waals surface area contributed by atoms with Crippen molar-refractivity contribution in [1.82, 2.24) is 19.9 Å². The quantitative estimate of drug-likeness (QED) is 0.858. The molecule has 0 amide bonds. The van der Waals surface area contributed by atoms with Gasteiger partial charge in [-0.05, 0) is 26.0 Å². The van der Waals surface area contributed by atoms with E-state index in [9.17, 15) is 0 Å². The fourth-order valence-electron chi connectivity index (χ4n) is 2.19. The highest BCUT2D eigenvalue weighted by Gasteiger charge is 2.16. The van der Waals surface area contributed by atoms with Crippen LogP contribution in [0.15, 0.2) is 18.5 Å². The fourth-order valence-corrected chi connectivity index (χ4v) is 2.19. The number of ether oxygens (including phenoxy) is 1. The highest BCUT2D eigenvalue weighted by Crippen LogP contribution is 2.18. The van der Waals surface area contributed by atoms with E-state index in [0.29, 0.717) is 11.8 Å². The van der Waals surface area contributed by atoms with E-state index in [1.807, 2.05) is 23.7 Å². The Balaban J connectivity index is 1.79. The Morgan fingerprint density at radius 2 is 2.53 bits per heavy atom. The lowest BCUT2D eigenvalue weighted by atomic mass is 10.1. The first kappa shape index (κ1) is 10.5. The SMILES string of the molecule is Cc1cc2c(OCC3CCNC3)nccn2n1. The summed E-state index contributed by atoms with van der Waals surface area (Å²) in [5.41, 5.74) is 1.92. The largest absolute Gasteiger partial charge is 0.476 e. The van der Waals surface area contributed by atoms with Crippen LogP contribution in [0.2, 0.25) is 0 Å². The van der Waals surface area contributed by atoms with Gasteiger partial charge in [0.2, 0.25) is 5.88 Å². The normalized spacial score (nSPS) is 19.9. The van der Waals surface area contributed by atoms with Gasteiger partial charge in [0.1, 0.15) is 5.52 Å². The van der Waals surface area contributed by atoms with Crippen molar-refractivity contribution >= 4 is 5.52 Å². The van der Waals surface area contributed by atoms with Crippen LogP contribution in [0.4, 0.5) is 0 Å². The first-order chi connectivity index (χ1) is 8.33. The maximum atomic E-state index is 5.80. The third kappa shape index (κ3) is 2.10. The van der Waals surface area contributed by atoms with E-state index in [-0.39, 0.29) is 0 Å². The average molecular weight is 232 g/mol. The van der Waals surface area contributed by atoms with Crippen LogP contribution < -0.4 is 10.1 Å².